The van der Waals surface area contributed by atoms with Crippen molar-refractivity contribution in [2.75, 3.05) is 0 Å². The zero-order valence-electron chi connectivity index (χ0n) is 14.5. The standard InChI is InChI=1S/C17H18N6O2.ClH/c1-3-8-21-15(24)13-14(20-16-19-11(2)9-22(13)16)23(17(21)25)10-12-4-6-18-7-5-12;/h4-7,9H,3,8,10H2,1-2H3,(H,19,20);1H. The molecule has 0 saturated heterocycles. The van der Waals surface area contributed by atoms with Crippen molar-refractivity contribution in [3.63, 3.8) is 0 Å². The van der Waals surface area contributed by atoms with Gasteiger partial charge in [0.25, 0.3) is 5.56 Å². The third-order valence-electron chi connectivity index (χ3n) is 4.23. The Hall–Kier alpha value is -2.87. The molecule has 9 heteroatoms. The number of rotatable bonds is 4. The van der Waals surface area contributed by atoms with Crippen molar-refractivity contribution in [3.8, 4) is 0 Å². The largest absolute Gasteiger partial charge is 0.333 e. The molecule has 0 spiro atoms. The Kier molecular flexibility index (Phi) is 4.69. The highest BCUT2D eigenvalue weighted by Gasteiger charge is 2.19. The van der Waals surface area contributed by atoms with E-state index in [1.807, 2.05) is 32.2 Å². The summed E-state index contributed by atoms with van der Waals surface area (Å²) >= 11 is 0. The highest BCUT2D eigenvalue weighted by molar-refractivity contribution is 5.85. The zero-order valence-corrected chi connectivity index (χ0v) is 15.3. The van der Waals surface area contributed by atoms with E-state index in [1.165, 1.54) is 4.57 Å². The highest BCUT2D eigenvalue weighted by atomic mass is 35.5. The Bertz CT molecular complexity index is 1190. The number of aromatic nitrogens is 6. The SMILES string of the molecule is CCCn1c(=O)c2c(nc3[nH]c(C)cn32)n(Cc2ccncc2)c1=O.Cl. The first kappa shape index (κ1) is 17.9. The number of halogens is 1. The van der Waals surface area contributed by atoms with Gasteiger partial charge in [-0.3, -0.25) is 23.3 Å². The van der Waals surface area contributed by atoms with Crippen molar-refractivity contribution < 1.29 is 0 Å². The molecule has 0 fully saturated rings. The maximum absolute atomic E-state index is 12.9. The molecule has 0 aliphatic carbocycles. The van der Waals surface area contributed by atoms with Crippen LogP contribution < -0.4 is 11.2 Å². The molecule has 0 aromatic carbocycles. The van der Waals surface area contributed by atoms with Gasteiger partial charge in [0.1, 0.15) is 0 Å². The van der Waals surface area contributed by atoms with Crippen LogP contribution in [0.5, 0.6) is 0 Å². The van der Waals surface area contributed by atoms with Crippen molar-refractivity contribution in [2.45, 2.75) is 33.4 Å². The summed E-state index contributed by atoms with van der Waals surface area (Å²) in [7, 11) is 0. The van der Waals surface area contributed by atoms with Gasteiger partial charge in [0.05, 0.1) is 6.54 Å². The fourth-order valence-corrected chi connectivity index (χ4v) is 3.11. The summed E-state index contributed by atoms with van der Waals surface area (Å²) in [5.74, 6) is 0.557. The maximum Gasteiger partial charge on any atom is 0.333 e. The van der Waals surface area contributed by atoms with E-state index in [1.54, 1.807) is 21.4 Å². The van der Waals surface area contributed by atoms with E-state index in [9.17, 15) is 9.59 Å². The molecule has 0 aliphatic rings. The smallest absolute Gasteiger partial charge is 0.328 e. The molecule has 0 atom stereocenters. The molecule has 4 aromatic rings. The average molecular weight is 375 g/mol. The number of aryl methyl sites for hydroxylation is 1. The van der Waals surface area contributed by atoms with Gasteiger partial charge in [0, 0.05) is 30.8 Å². The number of hydrogen-bond donors (Lipinski definition) is 1. The lowest BCUT2D eigenvalue weighted by atomic mass is 10.2. The number of nitrogens with one attached hydrogen (secondary N) is 1. The van der Waals surface area contributed by atoms with Crippen molar-refractivity contribution in [3.05, 3.63) is 62.8 Å². The second-order valence-electron chi connectivity index (χ2n) is 6.10. The van der Waals surface area contributed by atoms with Gasteiger partial charge < -0.3 is 4.98 Å². The first-order valence-corrected chi connectivity index (χ1v) is 8.20. The molecule has 0 bridgehead atoms. The Morgan fingerprint density at radius 2 is 1.88 bits per heavy atom. The molecule has 136 valence electrons. The topological polar surface area (TPSA) is 90.0 Å². The number of H-pyrrole nitrogens is 1. The molecule has 0 unspecified atom stereocenters. The van der Waals surface area contributed by atoms with E-state index in [0.29, 0.717) is 36.5 Å². The number of pyridine rings is 1. The monoisotopic (exact) mass is 374 g/mol. The zero-order chi connectivity index (χ0) is 17.6. The fraction of sp³-hybridized carbons (Fsp3) is 0.294. The van der Waals surface area contributed by atoms with Crippen LogP contribution in [0.25, 0.3) is 16.9 Å². The summed E-state index contributed by atoms with van der Waals surface area (Å²) in [4.78, 5) is 37.4. The molecule has 4 rings (SSSR count). The Labute approximate surface area is 154 Å². The molecule has 26 heavy (non-hydrogen) atoms. The number of fused-ring (bicyclic) bond motifs is 3. The van der Waals surface area contributed by atoms with Crippen molar-refractivity contribution in [2.24, 2.45) is 0 Å². The van der Waals surface area contributed by atoms with E-state index >= 15 is 0 Å². The van der Waals surface area contributed by atoms with Crippen LogP contribution >= 0.6 is 12.4 Å². The minimum Gasteiger partial charge on any atom is -0.328 e. The van der Waals surface area contributed by atoms with Gasteiger partial charge in [-0.25, -0.2) is 4.79 Å². The summed E-state index contributed by atoms with van der Waals surface area (Å²) in [5.41, 5.74) is 1.99. The van der Waals surface area contributed by atoms with E-state index in [0.717, 1.165) is 11.3 Å². The number of nitrogens with zero attached hydrogens (tertiary/aromatic N) is 5. The average Bonchev–Trinajstić information content (AvgIpc) is 3.12. The minimum atomic E-state index is -0.339. The van der Waals surface area contributed by atoms with Crippen molar-refractivity contribution >= 4 is 29.3 Å². The van der Waals surface area contributed by atoms with E-state index in [4.69, 9.17) is 0 Å². The van der Waals surface area contributed by atoms with E-state index < -0.39 is 0 Å². The van der Waals surface area contributed by atoms with E-state index in [-0.39, 0.29) is 23.7 Å². The van der Waals surface area contributed by atoms with Gasteiger partial charge in [-0.2, -0.15) is 4.98 Å². The maximum atomic E-state index is 12.9. The second-order valence-corrected chi connectivity index (χ2v) is 6.10. The molecule has 0 saturated carbocycles. The summed E-state index contributed by atoms with van der Waals surface area (Å²) in [6.07, 6.45) is 5.88. The number of imidazole rings is 2. The van der Waals surface area contributed by atoms with Gasteiger partial charge >= 0.3 is 5.69 Å². The molecule has 4 heterocycles. The fourth-order valence-electron chi connectivity index (χ4n) is 3.11. The molecule has 0 amide bonds. The van der Waals surface area contributed by atoms with Gasteiger partial charge in [-0.05, 0) is 31.0 Å². The summed E-state index contributed by atoms with van der Waals surface area (Å²) in [5, 5.41) is 0. The lowest BCUT2D eigenvalue weighted by Gasteiger charge is -2.11. The molecule has 0 radical (unpaired) electrons. The Morgan fingerprint density at radius 1 is 1.15 bits per heavy atom. The third-order valence-corrected chi connectivity index (χ3v) is 4.23. The van der Waals surface area contributed by atoms with Gasteiger partial charge in [0.2, 0.25) is 5.78 Å². The van der Waals surface area contributed by atoms with Crippen LogP contribution in [0.3, 0.4) is 0 Å². The third kappa shape index (κ3) is 2.72. The van der Waals surface area contributed by atoms with Gasteiger partial charge in [-0.1, -0.05) is 6.92 Å². The molecule has 0 aliphatic heterocycles. The van der Waals surface area contributed by atoms with Crippen LogP contribution in [0.15, 0.2) is 40.3 Å². The Balaban J connectivity index is 0.00000196. The van der Waals surface area contributed by atoms with Crippen LogP contribution in [0.2, 0.25) is 0 Å². The number of aromatic amines is 1. The predicted octanol–water partition coefficient (Wildman–Crippen LogP) is 1.72. The van der Waals surface area contributed by atoms with Crippen LogP contribution in [-0.4, -0.2) is 28.5 Å². The predicted molar refractivity (Wildman–Crippen MR) is 101 cm³/mol. The van der Waals surface area contributed by atoms with Crippen molar-refractivity contribution in [1.82, 2.24) is 28.5 Å². The Morgan fingerprint density at radius 3 is 2.58 bits per heavy atom. The van der Waals surface area contributed by atoms with Crippen molar-refractivity contribution in [1.29, 1.82) is 0 Å². The lowest BCUT2D eigenvalue weighted by Crippen LogP contribution is -2.40. The quantitative estimate of drug-likeness (QED) is 0.589. The summed E-state index contributed by atoms with van der Waals surface area (Å²) in [6, 6.07) is 3.69. The number of hydrogen-bond acceptors (Lipinski definition) is 4. The summed E-state index contributed by atoms with van der Waals surface area (Å²) in [6.45, 7) is 4.55. The van der Waals surface area contributed by atoms with E-state index in [2.05, 4.69) is 15.0 Å². The van der Waals surface area contributed by atoms with Crippen LogP contribution in [0.4, 0.5) is 0 Å². The van der Waals surface area contributed by atoms with Gasteiger partial charge in [0.15, 0.2) is 11.2 Å². The second kappa shape index (κ2) is 6.80. The highest BCUT2D eigenvalue weighted by Crippen LogP contribution is 2.14. The molecular weight excluding hydrogens is 356 g/mol. The molecule has 1 N–H and O–H groups in total. The first-order chi connectivity index (χ1) is 12.1. The molecular formula is C17H19ClN6O2. The molecule has 8 nitrogen and oxygen atoms in total. The minimum absolute atomic E-state index is 0. The van der Waals surface area contributed by atoms with Crippen LogP contribution in [0.1, 0.15) is 24.6 Å². The lowest BCUT2D eigenvalue weighted by molar-refractivity contribution is 0.578. The van der Waals surface area contributed by atoms with Crippen LogP contribution in [-0.2, 0) is 13.1 Å². The normalized spacial score (nSPS) is 11.2. The molecule has 4 aromatic heterocycles. The van der Waals surface area contributed by atoms with Gasteiger partial charge in [-0.15, -0.1) is 12.4 Å². The first-order valence-electron chi connectivity index (χ1n) is 8.20. The van der Waals surface area contributed by atoms with Crippen LogP contribution in [0, 0.1) is 6.92 Å². The summed E-state index contributed by atoms with van der Waals surface area (Å²) < 4.78 is 4.57.